The van der Waals surface area contributed by atoms with Crippen molar-refractivity contribution in [2.24, 2.45) is 23.7 Å². The Morgan fingerprint density at radius 3 is 2.39 bits per heavy atom. The summed E-state index contributed by atoms with van der Waals surface area (Å²) in [6.07, 6.45) is 7.85. The first-order valence-electron chi connectivity index (χ1n) is 10.3. The molecule has 0 spiro atoms. The topological polar surface area (TPSA) is 62.7 Å². The number of hydrazine groups is 1. The molecule has 1 aromatic heterocycles. The summed E-state index contributed by atoms with van der Waals surface area (Å²) in [4.78, 5) is 30.2. The van der Waals surface area contributed by atoms with Crippen molar-refractivity contribution in [3.8, 4) is 5.88 Å². The van der Waals surface area contributed by atoms with Crippen LogP contribution in [0.25, 0.3) is 0 Å². The highest BCUT2D eigenvalue weighted by Crippen LogP contribution is 2.56. The van der Waals surface area contributed by atoms with Crippen LogP contribution in [0.4, 0.5) is 0 Å². The molecule has 4 bridgehead atoms. The van der Waals surface area contributed by atoms with Crippen LogP contribution in [0, 0.1) is 23.7 Å². The Morgan fingerprint density at radius 1 is 1.18 bits per heavy atom. The Labute approximate surface area is 173 Å². The standard InChI is InChI=1S/C21H26BrN3O3/c1-21(2)20(27)24(19-14-6-12-5-13(8-14)9-15(19)7-12)25(21)18(26)11-28-17-4-3-16(22)10-23-17/h3-4,10,12-15,19H,5-9,11H2,1-2H3. The molecule has 0 radical (unpaired) electrons. The van der Waals surface area contributed by atoms with Crippen molar-refractivity contribution in [3.63, 3.8) is 0 Å². The number of hydrogen-bond acceptors (Lipinski definition) is 4. The summed E-state index contributed by atoms with van der Waals surface area (Å²) in [5, 5.41) is 3.47. The van der Waals surface area contributed by atoms with E-state index in [1.54, 1.807) is 22.3 Å². The summed E-state index contributed by atoms with van der Waals surface area (Å²) in [6, 6.07) is 3.73. The molecule has 5 aliphatic rings. The van der Waals surface area contributed by atoms with Crippen molar-refractivity contribution in [2.75, 3.05) is 6.61 Å². The summed E-state index contributed by atoms with van der Waals surface area (Å²) in [5.41, 5.74) is -0.803. The smallest absolute Gasteiger partial charge is 0.280 e. The van der Waals surface area contributed by atoms with E-state index in [0.29, 0.717) is 17.7 Å². The van der Waals surface area contributed by atoms with Gasteiger partial charge in [-0.3, -0.25) is 9.59 Å². The monoisotopic (exact) mass is 447 g/mol. The van der Waals surface area contributed by atoms with Crippen LogP contribution < -0.4 is 4.74 Å². The fourth-order valence-electron chi connectivity index (χ4n) is 6.33. The third-order valence-corrected chi connectivity index (χ3v) is 7.68. The second-order valence-electron chi connectivity index (χ2n) is 9.44. The van der Waals surface area contributed by atoms with E-state index in [1.165, 1.54) is 32.1 Å². The number of halogens is 1. The zero-order chi connectivity index (χ0) is 19.6. The summed E-state index contributed by atoms with van der Waals surface area (Å²) in [6.45, 7) is 3.55. The van der Waals surface area contributed by atoms with Crippen molar-refractivity contribution in [2.45, 2.75) is 57.5 Å². The molecule has 2 amide bonds. The largest absolute Gasteiger partial charge is 0.467 e. The van der Waals surface area contributed by atoms with Gasteiger partial charge in [-0.25, -0.2) is 15.0 Å². The fraction of sp³-hybridized carbons (Fsp3) is 0.667. The van der Waals surface area contributed by atoms with Gasteiger partial charge in [-0.05, 0) is 91.6 Å². The molecule has 1 aromatic rings. The Morgan fingerprint density at radius 2 is 1.82 bits per heavy atom. The van der Waals surface area contributed by atoms with Gasteiger partial charge in [0.15, 0.2) is 6.61 Å². The molecule has 28 heavy (non-hydrogen) atoms. The molecule has 150 valence electrons. The Balaban J connectivity index is 1.33. The van der Waals surface area contributed by atoms with Crippen LogP contribution in [0.1, 0.15) is 46.0 Å². The lowest BCUT2D eigenvalue weighted by Gasteiger charge is -2.64. The number of carbonyl (C=O) groups is 2. The lowest BCUT2D eigenvalue weighted by molar-refractivity contribution is -0.244. The first-order valence-corrected chi connectivity index (χ1v) is 11.0. The average molecular weight is 448 g/mol. The van der Waals surface area contributed by atoms with Crippen molar-refractivity contribution in [1.29, 1.82) is 0 Å². The third kappa shape index (κ3) is 2.77. The van der Waals surface area contributed by atoms with Gasteiger partial charge in [0.1, 0.15) is 5.54 Å². The normalized spacial score (nSPS) is 35.1. The average Bonchev–Trinajstić information content (AvgIpc) is 2.65. The zero-order valence-electron chi connectivity index (χ0n) is 16.3. The maximum atomic E-state index is 13.0. The van der Waals surface area contributed by atoms with Crippen molar-refractivity contribution >= 4 is 27.7 Å². The predicted octanol–water partition coefficient (Wildman–Crippen LogP) is 3.41. The highest BCUT2D eigenvalue weighted by Gasteiger charge is 2.62. The van der Waals surface area contributed by atoms with E-state index in [9.17, 15) is 9.59 Å². The molecule has 6 nitrogen and oxygen atoms in total. The number of pyridine rings is 1. The van der Waals surface area contributed by atoms with Gasteiger partial charge < -0.3 is 4.74 Å². The summed E-state index contributed by atoms with van der Waals surface area (Å²) >= 11 is 3.34. The van der Waals surface area contributed by atoms with Crippen molar-refractivity contribution in [3.05, 3.63) is 22.8 Å². The van der Waals surface area contributed by atoms with E-state index in [4.69, 9.17) is 4.74 Å². The lowest BCUT2D eigenvalue weighted by Crippen LogP contribution is -2.81. The van der Waals surface area contributed by atoms with E-state index in [-0.39, 0.29) is 24.5 Å². The van der Waals surface area contributed by atoms with Crippen LogP contribution >= 0.6 is 15.9 Å². The van der Waals surface area contributed by atoms with Gasteiger partial charge in [0.25, 0.3) is 11.8 Å². The molecule has 0 aromatic carbocycles. The number of amides is 2. The highest BCUT2D eigenvalue weighted by atomic mass is 79.9. The van der Waals surface area contributed by atoms with Gasteiger partial charge in [-0.1, -0.05) is 0 Å². The molecule has 5 fully saturated rings. The molecular weight excluding hydrogens is 422 g/mol. The molecule has 1 aliphatic heterocycles. The second-order valence-corrected chi connectivity index (χ2v) is 10.4. The first kappa shape index (κ1) is 18.4. The van der Waals surface area contributed by atoms with Gasteiger partial charge in [0.2, 0.25) is 5.88 Å². The summed E-state index contributed by atoms with van der Waals surface area (Å²) in [5.74, 6) is 3.05. The van der Waals surface area contributed by atoms with Crippen molar-refractivity contribution < 1.29 is 14.3 Å². The van der Waals surface area contributed by atoms with Gasteiger partial charge in [0, 0.05) is 16.7 Å². The number of rotatable bonds is 4. The minimum absolute atomic E-state index is 0.0695. The fourth-order valence-corrected chi connectivity index (χ4v) is 6.56. The van der Waals surface area contributed by atoms with Gasteiger partial charge in [-0.2, -0.15) is 0 Å². The number of aromatic nitrogens is 1. The quantitative estimate of drug-likeness (QED) is 0.709. The van der Waals surface area contributed by atoms with E-state index in [0.717, 1.165) is 16.3 Å². The minimum atomic E-state index is -0.803. The maximum Gasteiger partial charge on any atom is 0.280 e. The SMILES string of the molecule is CC1(C)C(=O)N(C2C3CC4CC(C3)CC2C4)N1C(=O)COc1ccc(Br)cn1. The summed E-state index contributed by atoms with van der Waals surface area (Å²) in [7, 11) is 0. The maximum absolute atomic E-state index is 13.0. The van der Waals surface area contributed by atoms with Gasteiger partial charge in [-0.15, -0.1) is 0 Å². The Kier molecular flexibility index (Phi) is 4.23. The molecule has 6 rings (SSSR count). The van der Waals surface area contributed by atoms with E-state index in [1.807, 2.05) is 19.9 Å². The Hall–Kier alpha value is -1.63. The number of carbonyl (C=O) groups excluding carboxylic acids is 2. The minimum Gasteiger partial charge on any atom is -0.467 e. The van der Waals surface area contributed by atoms with E-state index >= 15 is 0 Å². The van der Waals surface area contributed by atoms with E-state index in [2.05, 4.69) is 20.9 Å². The second kappa shape index (κ2) is 6.44. The van der Waals surface area contributed by atoms with Crippen LogP contribution in [-0.2, 0) is 9.59 Å². The van der Waals surface area contributed by atoms with Crippen molar-refractivity contribution in [1.82, 2.24) is 15.0 Å². The zero-order valence-corrected chi connectivity index (χ0v) is 17.9. The predicted molar refractivity (Wildman–Crippen MR) is 106 cm³/mol. The lowest BCUT2D eigenvalue weighted by atomic mass is 9.53. The van der Waals surface area contributed by atoms with E-state index < -0.39 is 5.54 Å². The van der Waals surface area contributed by atoms with Crippen LogP contribution in [0.5, 0.6) is 5.88 Å². The Bertz CT molecular complexity index is 782. The number of nitrogens with zero attached hydrogens (tertiary/aromatic N) is 3. The molecule has 7 heteroatoms. The van der Waals surface area contributed by atoms with Gasteiger partial charge in [0.05, 0.1) is 6.04 Å². The molecule has 2 heterocycles. The molecule has 0 unspecified atom stereocenters. The van der Waals surface area contributed by atoms with Crippen LogP contribution in [-0.4, -0.2) is 45.0 Å². The third-order valence-electron chi connectivity index (χ3n) is 7.22. The van der Waals surface area contributed by atoms with Crippen LogP contribution in [0.3, 0.4) is 0 Å². The molecule has 1 saturated heterocycles. The van der Waals surface area contributed by atoms with Crippen LogP contribution in [0.15, 0.2) is 22.8 Å². The summed E-state index contributed by atoms with van der Waals surface area (Å²) < 4.78 is 6.46. The molecular formula is C21H26BrN3O3. The van der Waals surface area contributed by atoms with Crippen LogP contribution in [0.2, 0.25) is 0 Å². The highest BCUT2D eigenvalue weighted by molar-refractivity contribution is 9.10. The number of ether oxygens (including phenoxy) is 1. The molecule has 0 N–H and O–H groups in total. The molecule has 4 aliphatic carbocycles. The first-order chi connectivity index (χ1) is 13.3. The van der Waals surface area contributed by atoms with Gasteiger partial charge >= 0.3 is 0 Å². The molecule has 0 atom stereocenters. The molecule has 4 saturated carbocycles. The number of hydrogen-bond donors (Lipinski definition) is 0.